The molecule has 0 aromatic carbocycles. The lowest BCUT2D eigenvalue weighted by Gasteiger charge is -2.38. The number of hydrogen-bond acceptors (Lipinski definition) is 2. The van der Waals surface area contributed by atoms with Crippen molar-refractivity contribution in [3.8, 4) is 0 Å². The molecule has 1 aromatic rings. The van der Waals surface area contributed by atoms with Crippen LogP contribution in [0.2, 0.25) is 0 Å². The largest absolute Gasteiger partial charge is 0.254 e. The molecule has 2 nitrogen and oxygen atoms in total. The Labute approximate surface area is 110 Å². The molecule has 1 aromatic heterocycles. The lowest BCUT2D eigenvalue weighted by Crippen LogP contribution is -2.26. The zero-order valence-electron chi connectivity index (χ0n) is 11.7. The summed E-state index contributed by atoms with van der Waals surface area (Å²) in [5, 5.41) is 0. The van der Waals surface area contributed by atoms with Gasteiger partial charge >= 0.3 is 0 Å². The molecule has 1 fully saturated rings. The number of allylic oxidation sites excluding steroid dienone is 1. The minimum Gasteiger partial charge on any atom is -0.254 e. The zero-order valence-corrected chi connectivity index (χ0v) is 11.7. The van der Waals surface area contributed by atoms with Crippen molar-refractivity contribution in [1.29, 1.82) is 0 Å². The Morgan fingerprint density at radius 1 is 1.28 bits per heavy atom. The number of aromatic nitrogens is 2. The van der Waals surface area contributed by atoms with Gasteiger partial charge in [-0.1, -0.05) is 25.8 Å². The van der Waals surface area contributed by atoms with E-state index in [2.05, 4.69) is 29.9 Å². The highest BCUT2D eigenvalue weighted by Crippen LogP contribution is 2.47. The third-order valence-corrected chi connectivity index (χ3v) is 4.59. The molecule has 1 atom stereocenters. The lowest BCUT2D eigenvalue weighted by molar-refractivity contribution is 0.274. The van der Waals surface area contributed by atoms with Gasteiger partial charge in [0.1, 0.15) is 0 Å². The van der Waals surface area contributed by atoms with Gasteiger partial charge in [0.2, 0.25) is 0 Å². The quantitative estimate of drug-likeness (QED) is 0.688. The summed E-state index contributed by atoms with van der Waals surface area (Å²) in [5.74, 6) is 0.755. The molecular weight excluding hydrogens is 220 g/mol. The van der Waals surface area contributed by atoms with Crippen LogP contribution in [0.1, 0.15) is 56.6 Å². The van der Waals surface area contributed by atoms with Crippen LogP contribution in [0.3, 0.4) is 0 Å². The van der Waals surface area contributed by atoms with Crippen molar-refractivity contribution in [1.82, 2.24) is 9.97 Å². The van der Waals surface area contributed by atoms with Gasteiger partial charge in [0.05, 0.1) is 17.1 Å². The van der Waals surface area contributed by atoms with Crippen LogP contribution in [0.5, 0.6) is 0 Å². The number of aryl methyl sites for hydroxylation is 2. The molecule has 96 valence electrons. The van der Waals surface area contributed by atoms with Crippen LogP contribution in [0.15, 0.2) is 11.8 Å². The predicted octanol–water partition coefficient (Wildman–Crippen LogP) is 3.94. The van der Waals surface area contributed by atoms with E-state index in [1.54, 1.807) is 5.57 Å². The fraction of sp³-hybridized carbons (Fsp3) is 0.625. The molecule has 2 heteroatoms. The van der Waals surface area contributed by atoms with Gasteiger partial charge in [-0.25, -0.2) is 0 Å². The van der Waals surface area contributed by atoms with Crippen molar-refractivity contribution in [2.45, 2.75) is 52.9 Å². The van der Waals surface area contributed by atoms with Gasteiger partial charge in [-0.2, -0.15) is 0 Å². The highest BCUT2D eigenvalue weighted by Gasteiger charge is 2.34. The average molecular weight is 242 g/mol. The van der Waals surface area contributed by atoms with E-state index in [-0.39, 0.29) is 0 Å². The topological polar surface area (TPSA) is 25.8 Å². The summed E-state index contributed by atoms with van der Waals surface area (Å²) in [4.78, 5) is 9.27. The van der Waals surface area contributed by atoms with Crippen molar-refractivity contribution in [3.63, 3.8) is 0 Å². The fourth-order valence-corrected chi connectivity index (χ4v) is 3.56. The number of rotatable bonds is 0. The van der Waals surface area contributed by atoms with Gasteiger partial charge in [0, 0.05) is 6.20 Å². The first kappa shape index (κ1) is 11.9. The van der Waals surface area contributed by atoms with Crippen LogP contribution in [-0.2, 0) is 6.42 Å². The van der Waals surface area contributed by atoms with Gasteiger partial charge in [-0.3, -0.25) is 9.97 Å². The zero-order chi connectivity index (χ0) is 12.8. The second-order valence-electron chi connectivity index (χ2n) is 6.45. The van der Waals surface area contributed by atoms with Crippen LogP contribution in [0.4, 0.5) is 0 Å². The molecule has 0 bridgehead atoms. The lowest BCUT2D eigenvalue weighted by atomic mass is 9.67. The first-order chi connectivity index (χ1) is 8.56. The highest BCUT2D eigenvalue weighted by atomic mass is 14.8. The molecule has 1 heterocycles. The maximum Gasteiger partial charge on any atom is 0.0845 e. The Balaban J connectivity index is 2.08. The Morgan fingerprint density at radius 2 is 2.11 bits per heavy atom. The van der Waals surface area contributed by atoms with Crippen molar-refractivity contribution in [3.05, 3.63) is 28.9 Å². The normalized spacial score (nSPS) is 25.7. The molecule has 1 saturated carbocycles. The summed E-state index contributed by atoms with van der Waals surface area (Å²) >= 11 is 0. The number of nitrogens with zero attached hydrogens (tertiary/aromatic N) is 2. The van der Waals surface area contributed by atoms with E-state index in [0.717, 1.165) is 23.7 Å². The van der Waals surface area contributed by atoms with E-state index in [9.17, 15) is 0 Å². The van der Waals surface area contributed by atoms with Crippen molar-refractivity contribution in [2.75, 3.05) is 0 Å². The highest BCUT2D eigenvalue weighted by molar-refractivity contribution is 5.55. The maximum absolute atomic E-state index is 4.67. The molecule has 1 unspecified atom stereocenters. The summed E-state index contributed by atoms with van der Waals surface area (Å²) in [5.41, 5.74) is 5.32. The number of fused-ring (bicyclic) bond motifs is 2. The van der Waals surface area contributed by atoms with Crippen molar-refractivity contribution >= 4 is 6.08 Å². The second-order valence-corrected chi connectivity index (χ2v) is 6.45. The Morgan fingerprint density at radius 3 is 2.94 bits per heavy atom. The molecule has 2 aliphatic carbocycles. The standard InChI is InChI=1S/C16H22N2/c1-11-10-17-15-9-13-12(6-7-14(15)18-11)5-4-8-16(13,2)3/h9-10,12H,4-8H2,1-3H3. The molecule has 0 saturated heterocycles. The summed E-state index contributed by atoms with van der Waals surface area (Å²) in [6.07, 6.45) is 10.6. The van der Waals surface area contributed by atoms with Crippen LogP contribution < -0.4 is 0 Å². The summed E-state index contributed by atoms with van der Waals surface area (Å²) < 4.78 is 0. The van der Waals surface area contributed by atoms with E-state index in [1.807, 2.05) is 13.1 Å². The van der Waals surface area contributed by atoms with E-state index < -0.39 is 0 Å². The monoisotopic (exact) mass is 242 g/mol. The predicted molar refractivity (Wildman–Crippen MR) is 74.2 cm³/mol. The Bertz CT molecular complexity index is 500. The van der Waals surface area contributed by atoms with Gasteiger partial charge in [0.25, 0.3) is 0 Å². The van der Waals surface area contributed by atoms with E-state index >= 15 is 0 Å². The summed E-state index contributed by atoms with van der Waals surface area (Å²) in [7, 11) is 0. The smallest absolute Gasteiger partial charge is 0.0845 e. The van der Waals surface area contributed by atoms with Crippen molar-refractivity contribution < 1.29 is 0 Å². The molecular formula is C16H22N2. The SMILES string of the molecule is Cc1cnc2c(n1)CCC1CCCC(C)(C)C1=C2. The van der Waals surface area contributed by atoms with Gasteiger partial charge in [-0.15, -0.1) is 0 Å². The van der Waals surface area contributed by atoms with E-state index in [4.69, 9.17) is 0 Å². The summed E-state index contributed by atoms with van der Waals surface area (Å²) in [6.45, 7) is 6.80. The molecule has 2 aliphatic rings. The second kappa shape index (κ2) is 4.18. The molecule has 18 heavy (non-hydrogen) atoms. The first-order valence-corrected chi connectivity index (χ1v) is 7.11. The fourth-order valence-electron chi connectivity index (χ4n) is 3.56. The van der Waals surface area contributed by atoms with Gasteiger partial charge in [-0.05, 0) is 50.0 Å². The summed E-state index contributed by atoms with van der Waals surface area (Å²) in [6, 6.07) is 0. The van der Waals surface area contributed by atoms with Gasteiger partial charge < -0.3 is 0 Å². The van der Waals surface area contributed by atoms with Crippen LogP contribution >= 0.6 is 0 Å². The molecule has 0 N–H and O–H groups in total. The van der Waals surface area contributed by atoms with Crippen LogP contribution in [0, 0.1) is 18.3 Å². The van der Waals surface area contributed by atoms with E-state index in [1.165, 1.54) is 31.4 Å². The third kappa shape index (κ3) is 1.98. The minimum atomic E-state index is 0.344. The Hall–Kier alpha value is -1.18. The molecule has 3 rings (SSSR count). The first-order valence-electron chi connectivity index (χ1n) is 7.11. The molecule has 0 radical (unpaired) electrons. The van der Waals surface area contributed by atoms with Crippen LogP contribution in [-0.4, -0.2) is 9.97 Å². The molecule has 0 spiro atoms. The molecule has 0 aliphatic heterocycles. The molecule has 0 amide bonds. The number of hydrogen-bond donors (Lipinski definition) is 0. The van der Waals surface area contributed by atoms with Gasteiger partial charge in [0.15, 0.2) is 0 Å². The minimum absolute atomic E-state index is 0.344. The van der Waals surface area contributed by atoms with Crippen molar-refractivity contribution in [2.24, 2.45) is 11.3 Å². The van der Waals surface area contributed by atoms with E-state index in [0.29, 0.717) is 5.41 Å². The maximum atomic E-state index is 4.67. The average Bonchev–Trinajstić information content (AvgIpc) is 2.49. The third-order valence-electron chi connectivity index (χ3n) is 4.59. The Kier molecular flexibility index (Phi) is 2.76. The van der Waals surface area contributed by atoms with Crippen LogP contribution in [0.25, 0.3) is 6.08 Å².